The third kappa shape index (κ3) is 7.86. The van der Waals surface area contributed by atoms with Gasteiger partial charge in [-0.1, -0.05) is 0 Å². The van der Waals surface area contributed by atoms with Gasteiger partial charge in [-0.2, -0.15) is 0 Å². The average Bonchev–Trinajstić information content (AvgIpc) is 1.78. The highest BCUT2D eigenvalue weighted by Crippen LogP contribution is 2.16. The Labute approximate surface area is 85.2 Å². The summed E-state index contributed by atoms with van der Waals surface area (Å²) >= 11 is 0. The van der Waals surface area contributed by atoms with Crippen molar-refractivity contribution in [3.8, 4) is 0 Å². The summed E-state index contributed by atoms with van der Waals surface area (Å²) in [5.74, 6) is 0. The van der Waals surface area contributed by atoms with Crippen LogP contribution < -0.4 is 0 Å². The van der Waals surface area contributed by atoms with Crippen LogP contribution in [0.4, 0.5) is 4.79 Å². The first-order chi connectivity index (χ1) is 6.12. The van der Waals surface area contributed by atoms with Crippen LogP contribution in [0.25, 0.3) is 0 Å². The number of hydrogen-bond acceptors (Lipinski definition) is 3. The van der Waals surface area contributed by atoms with E-state index in [1.807, 2.05) is 20.8 Å². The van der Waals surface area contributed by atoms with Crippen LogP contribution in [0.1, 0.15) is 41.0 Å². The van der Waals surface area contributed by atoms with Gasteiger partial charge in [-0.15, -0.1) is 0 Å². The van der Waals surface area contributed by atoms with Crippen molar-refractivity contribution < 1.29 is 19.4 Å². The lowest BCUT2D eigenvalue weighted by molar-refractivity contribution is -0.0498. The molecule has 14 heavy (non-hydrogen) atoms. The normalized spacial score (nSPS) is 12.6. The quantitative estimate of drug-likeness (QED) is 0.715. The van der Waals surface area contributed by atoms with Crippen molar-refractivity contribution in [1.82, 2.24) is 0 Å². The van der Waals surface area contributed by atoms with Crippen LogP contribution in [-0.4, -0.2) is 29.1 Å². The summed E-state index contributed by atoms with van der Waals surface area (Å²) < 4.78 is 10.2. The number of rotatable bonds is 4. The fraction of sp³-hybridized carbons (Fsp3) is 0.900. The SMILES string of the molecule is CC(C)(C)OCCC(C)(C)OC(=O)O. The molecular formula is C10H20O4. The van der Waals surface area contributed by atoms with Crippen molar-refractivity contribution in [1.29, 1.82) is 0 Å². The number of carbonyl (C=O) groups is 1. The lowest BCUT2D eigenvalue weighted by atomic mass is 10.1. The van der Waals surface area contributed by atoms with Crippen LogP contribution in [0.3, 0.4) is 0 Å². The van der Waals surface area contributed by atoms with E-state index in [-0.39, 0.29) is 5.60 Å². The molecule has 84 valence electrons. The number of ether oxygens (including phenoxy) is 2. The average molecular weight is 204 g/mol. The lowest BCUT2D eigenvalue weighted by Gasteiger charge is -2.26. The van der Waals surface area contributed by atoms with Crippen molar-refractivity contribution in [3.05, 3.63) is 0 Å². The van der Waals surface area contributed by atoms with Crippen LogP contribution in [0, 0.1) is 0 Å². The molecule has 4 heteroatoms. The molecule has 0 saturated carbocycles. The van der Waals surface area contributed by atoms with Gasteiger partial charge >= 0.3 is 6.16 Å². The molecule has 0 spiro atoms. The fourth-order valence-corrected chi connectivity index (χ4v) is 0.890. The van der Waals surface area contributed by atoms with Gasteiger partial charge < -0.3 is 14.6 Å². The van der Waals surface area contributed by atoms with Gasteiger partial charge in [-0.25, -0.2) is 4.79 Å². The minimum Gasteiger partial charge on any atom is -0.450 e. The van der Waals surface area contributed by atoms with Gasteiger partial charge in [0.05, 0.1) is 12.2 Å². The number of carboxylic acid groups (broad SMARTS) is 1. The summed E-state index contributed by atoms with van der Waals surface area (Å²) in [4.78, 5) is 10.3. The second kappa shape index (κ2) is 4.64. The van der Waals surface area contributed by atoms with Crippen LogP contribution in [0.5, 0.6) is 0 Å². The summed E-state index contributed by atoms with van der Waals surface area (Å²) in [6.07, 6.45) is -0.693. The maximum Gasteiger partial charge on any atom is 0.506 e. The van der Waals surface area contributed by atoms with Crippen molar-refractivity contribution in [2.24, 2.45) is 0 Å². The molecule has 0 unspecified atom stereocenters. The van der Waals surface area contributed by atoms with Crippen molar-refractivity contribution in [2.45, 2.75) is 52.2 Å². The zero-order valence-electron chi connectivity index (χ0n) is 9.59. The molecule has 0 fully saturated rings. The Bertz CT molecular complexity index is 191. The smallest absolute Gasteiger partial charge is 0.450 e. The van der Waals surface area contributed by atoms with E-state index in [0.717, 1.165) is 0 Å². The van der Waals surface area contributed by atoms with E-state index < -0.39 is 11.8 Å². The first-order valence-electron chi connectivity index (χ1n) is 4.68. The zero-order valence-corrected chi connectivity index (χ0v) is 9.59. The Morgan fingerprint density at radius 2 is 1.71 bits per heavy atom. The molecule has 0 amide bonds. The van der Waals surface area contributed by atoms with E-state index in [1.165, 1.54) is 0 Å². The second-order valence-electron chi connectivity index (χ2n) is 4.84. The molecule has 0 aliphatic heterocycles. The van der Waals surface area contributed by atoms with Gasteiger partial charge in [0.2, 0.25) is 0 Å². The molecule has 0 radical (unpaired) electrons. The van der Waals surface area contributed by atoms with Crippen LogP contribution in [-0.2, 0) is 9.47 Å². The minimum atomic E-state index is -1.24. The predicted octanol–water partition coefficient (Wildman–Crippen LogP) is 2.66. The fourth-order valence-electron chi connectivity index (χ4n) is 0.890. The van der Waals surface area contributed by atoms with E-state index in [1.54, 1.807) is 13.8 Å². The summed E-state index contributed by atoms with van der Waals surface area (Å²) in [5.41, 5.74) is -0.879. The second-order valence-corrected chi connectivity index (χ2v) is 4.84. The Hall–Kier alpha value is -0.770. The van der Waals surface area contributed by atoms with Crippen molar-refractivity contribution >= 4 is 6.16 Å². The third-order valence-electron chi connectivity index (χ3n) is 1.60. The first kappa shape index (κ1) is 13.2. The molecule has 0 bridgehead atoms. The molecule has 0 saturated heterocycles. The molecular weight excluding hydrogens is 184 g/mol. The molecule has 0 heterocycles. The number of hydrogen-bond donors (Lipinski definition) is 1. The minimum absolute atomic E-state index is 0.195. The van der Waals surface area contributed by atoms with Gasteiger partial charge in [0.1, 0.15) is 5.60 Å². The zero-order chi connectivity index (χ0) is 11.4. The van der Waals surface area contributed by atoms with E-state index >= 15 is 0 Å². The third-order valence-corrected chi connectivity index (χ3v) is 1.60. The van der Waals surface area contributed by atoms with Gasteiger partial charge in [-0.05, 0) is 34.6 Å². The highest BCUT2D eigenvalue weighted by molar-refractivity contribution is 5.57. The monoisotopic (exact) mass is 204 g/mol. The molecule has 4 nitrogen and oxygen atoms in total. The highest BCUT2D eigenvalue weighted by atomic mass is 16.7. The van der Waals surface area contributed by atoms with Gasteiger partial charge in [0, 0.05) is 6.42 Å². The van der Waals surface area contributed by atoms with E-state index in [4.69, 9.17) is 9.84 Å². The topological polar surface area (TPSA) is 55.8 Å². The van der Waals surface area contributed by atoms with Crippen LogP contribution >= 0.6 is 0 Å². The summed E-state index contributed by atoms with van der Waals surface area (Å²) in [6, 6.07) is 0. The van der Waals surface area contributed by atoms with E-state index in [0.29, 0.717) is 13.0 Å². The van der Waals surface area contributed by atoms with E-state index in [2.05, 4.69) is 4.74 Å². The Morgan fingerprint density at radius 3 is 2.07 bits per heavy atom. The van der Waals surface area contributed by atoms with Crippen molar-refractivity contribution in [3.63, 3.8) is 0 Å². The van der Waals surface area contributed by atoms with Gasteiger partial charge in [0.15, 0.2) is 0 Å². The maximum absolute atomic E-state index is 10.3. The first-order valence-corrected chi connectivity index (χ1v) is 4.68. The van der Waals surface area contributed by atoms with Gasteiger partial charge in [0.25, 0.3) is 0 Å². The molecule has 0 aliphatic rings. The molecule has 0 aromatic rings. The summed E-state index contributed by atoms with van der Waals surface area (Å²) in [7, 11) is 0. The Balaban J connectivity index is 3.82. The molecule has 0 atom stereocenters. The molecule has 0 rings (SSSR count). The maximum atomic E-state index is 10.3. The molecule has 0 aliphatic carbocycles. The molecule has 0 aromatic heterocycles. The Kier molecular flexibility index (Phi) is 4.39. The lowest BCUT2D eigenvalue weighted by Crippen LogP contribution is -2.31. The van der Waals surface area contributed by atoms with E-state index in [9.17, 15) is 4.79 Å². The summed E-state index contributed by atoms with van der Waals surface area (Å²) in [6.45, 7) is 9.82. The van der Waals surface area contributed by atoms with Crippen molar-refractivity contribution in [2.75, 3.05) is 6.61 Å². The molecule has 1 N–H and O–H groups in total. The largest absolute Gasteiger partial charge is 0.506 e. The standard InChI is InChI=1S/C10H20O4/c1-9(2,3)13-7-6-10(4,5)14-8(11)12/h6-7H2,1-5H3,(H,11,12). The predicted molar refractivity (Wildman–Crippen MR) is 53.5 cm³/mol. The summed E-state index contributed by atoms with van der Waals surface area (Å²) in [5, 5.41) is 8.45. The highest BCUT2D eigenvalue weighted by Gasteiger charge is 2.23. The Morgan fingerprint density at radius 1 is 1.21 bits per heavy atom. The van der Waals surface area contributed by atoms with Crippen LogP contribution in [0.15, 0.2) is 0 Å². The molecule has 0 aromatic carbocycles. The van der Waals surface area contributed by atoms with Crippen LogP contribution in [0.2, 0.25) is 0 Å². The van der Waals surface area contributed by atoms with Gasteiger partial charge in [-0.3, -0.25) is 0 Å².